The summed E-state index contributed by atoms with van der Waals surface area (Å²) in [5.41, 5.74) is 0.650. The molecule has 0 radical (unpaired) electrons. The van der Waals surface area contributed by atoms with Crippen LogP contribution in [0, 0.1) is 6.92 Å². The third-order valence-corrected chi connectivity index (χ3v) is 4.38. The monoisotopic (exact) mass is 394 g/mol. The maximum absolute atomic E-state index is 9.10. The first-order chi connectivity index (χ1) is 13.6. The van der Waals surface area contributed by atoms with Crippen molar-refractivity contribution in [3.05, 3.63) is 11.9 Å². The quantitative estimate of drug-likeness (QED) is 0.455. The number of nitrogens with zero attached hydrogens (tertiary/aromatic N) is 3. The van der Waals surface area contributed by atoms with Crippen molar-refractivity contribution in [1.82, 2.24) is 14.9 Å². The van der Waals surface area contributed by atoms with E-state index in [1.54, 1.807) is 21.3 Å². The van der Waals surface area contributed by atoms with Crippen LogP contribution in [0.5, 0.6) is 17.2 Å². The second kappa shape index (κ2) is 10.8. The van der Waals surface area contributed by atoms with Gasteiger partial charge in [-0.2, -0.15) is 0 Å². The number of aryl methyl sites for hydroxylation is 1. The third-order valence-electron chi connectivity index (χ3n) is 4.38. The highest BCUT2D eigenvalue weighted by atomic mass is 16.5. The van der Waals surface area contributed by atoms with Gasteiger partial charge in [-0.1, -0.05) is 0 Å². The van der Waals surface area contributed by atoms with Gasteiger partial charge in [-0.15, -0.1) is 0 Å². The van der Waals surface area contributed by atoms with E-state index in [2.05, 4.69) is 15.3 Å². The van der Waals surface area contributed by atoms with E-state index in [0.717, 1.165) is 18.4 Å². The molecule has 0 aliphatic carbocycles. The molecular formula is C19H30N4O5. The van der Waals surface area contributed by atoms with Gasteiger partial charge >= 0.3 is 0 Å². The molecule has 0 amide bonds. The second-order valence-corrected chi connectivity index (χ2v) is 6.23. The van der Waals surface area contributed by atoms with Crippen molar-refractivity contribution in [2.75, 3.05) is 66.0 Å². The van der Waals surface area contributed by atoms with Crippen molar-refractivity contribution in [2.45, 2.75) is 13.3 Å². The van der Waals surface area contributed by atoms with Gasteiger partial charge in [-0.3, -0.25) is 4.90 Å². The number of aliphatic hydroxyl groups excluding tert-OH is 2. The first-order valence-electron chi connectivity index (χ1n) is 9.24. The molecule has 1 heterocycles. The molecular weight excluding hydrogens is 364 g/mol. The Kier molecular flexibility index (Phi) is 8.49. The van der Waals surface area contributed by atoms with Crippen LogP contribution in [0.3, 0.4) is 0 Å². The minimum atomic E-state index is 0.0740. The van der Waals surface area contributed by atoms with Crippen LogP contribution >= 0.6 is 0 Å². The molecule has 0 spiro atoms. The molecule has 0 saturated heterocycles. The van der Waals surface area contributed by atoms with Crippen LogP contribution in [0.4, 0.5) is 5.82 Å². The fourth-order valence-corrected chi connectivity index (χ4v) is 3.10. The van der Waals surface area contributed by atoms with Crippen LogP contribution in [0.15, 0.2) is 6.07 Å². The highest BCUT2D eigenvalue weighted by molar-refractivity contribution is 5.96. The normalized spacial score (nSPS) is 11.1. The summed E-state index contributed by atoms with van der Waals surface area (Å²) in [6.45, 7) is 4.50. The van der Waals surface area contributed by atoms with Crippen LogP contribution in [-0.4, -0.2) is 85.8 Å². The van der Waals surface area contributed by atoms with Crippen molar-refractivity contribution in [2.24, 2.45) is 0 Å². The number of rotatable bonds is 12. The van der Waals surface area contributed by atoms with Crippen molar-refractivity contribution in [3.63, 3.8) is 0 Å². The summed E-state index contributed by atoms with van der Waals surface area (Å²) in [6.07, 6.45) is 0.828. The zero-order valence-electron chi connectivity index (χ0n) is 17.0. The molecule has 9 heteroatoms. The molecule has 0 unspecified atom stereocenters. The second-order valence-electron chi connectivity index (χ2n) is 6.23. The smallest absolute Gasteiger partial charge is 0.205 e. The molecule has 1 aromatic carbocycles. The summed E-state index contributed by atoms with van der Waals surface area (Å²) in [6, 6.07) is 1.84. The lowest BCUT2D eigenvalue weighted by atomic mass is 10.1. The first kappa shape index (κ1) is 21.9. The number of ether oxygens (including phenoxy) is 3. The molecule has 9 nitrogen and oxygen atoms in total. The van der Waals surface area contributed by atoms with Gasteiger partial charge in [0.1, 0.15) is 17.2 Å². The van der Waals surface area contributed by atoms with Gasteiger partial charge in [0.05, 0.1) is 39.9 Å². The summed E-state index contributed by atoms with van der Waals surface area (Å²) in [5, 5.41) is 22.3. The molecule has 0 aliphatic rings. The molecule has 0 atom stereocenters. The van der Waals surface area contributed by atoms with Gasteiger partial charge in [-0.05, 0) is 26.0 Å². The minimum absolute atomic E-state index is 0.0740. The molecule has 28 heavy (non-hydrogen) atoms. The molecule has 2 aromatic rings. The van der Waals surface area contributed by atoms with E-state index in [9.17, 15) is 0 Å². The number of nitrogens with one attached hydrogen (secondary N) is 1. The van der Waals surface area contributed by atoms with Crippen LogP contribution in [-0.2, 0) is 0 Å². The maximum atomic E-state index is 9.10. The van der Waals surface area contributed by atoms with Gasteiger partial charge in [0.25, 0.3) is 0 Å². The molecule has 0 aliphatic heterocycles. The molecule has 0 fully saturated rings. The highest BCUT2D eigenvalue weighted by Crippen LogP contribution is 2.44. The Hall–Kier alpha value is -2.36. The molecule has 3 N–H and O–H groups in total. The van der Waals surface area contributed by atoms with Gasteiger partial charge < -0.3 is 29.7 Å². The van der Waals surface area contributed by atoms with E-state index in [1.807, 2.05) is 17.9 Å². The number of benzene rings is 1. The van der Waals surface area contributed by atoms with Gasteiger partial charge in [-0.25, -0.2) is 9.97 Å². The van der Waals surface area contributed by atoms with Crippen LogP contribution in [0.1, 0.15) is 12.2 Å². The summed E-state index contributed by atoms with van der Waals surface area (Å²) < 4.78 is 16.4. The average Bonchev–Trinajstić information content (AvgIpc) is 2.69. The topological polar surface area (TPSA) is 109 Å². The minimum Gasteiger partial charge on any atom is -0.493 e. The molecule has 156 valence electrons. The zero-order chi connectivity index (χ0) is 20.5. The van der Waals surface area contributed by atoms with E-state index in [-0.39, 0.29) is 13.2 Å². The first-order valence-corrected chi connectivity index (χ1v) is 9.24. The van der Waals surface area contributed by atoms with E-state index in [4.69, 9.17) is 24.4 Å². The largest absolute Gasteiger partial charge is 0.493 e. The Morgan fingerprint density at radius 3 is 2.21 bits per heavy atom. The lowest BCUT2D eigenvalue weighted by Gasteiger charge is -2.20. The van der Waals surface area contributed by atoms with Crippen LogP contribution < -0.4 is 19.5 Å². The van der Waals surface area contributed by atoms with Gasteiger partial charge in [0.2, 0.25) is 5.75 Å². The summed E-state index contributed by atoms with van der Waals surface area (Å²) in [7, 11) is 4.70. The highest BCUT2D eigenvalue weighted by Gasteiger charge is 2.20. The van der Waals surface area contributed by atoms with E-state index < -0.39 is 0 Å². The number of methoxy groups -OCH3 is 3. The lowest BCUT2D eigenvalue weighted by molar-refractivity contribution is 0.161. The zero-order valence-corrected chi connectivity index (χ0v) is 17.0. The summed E-state index contributed by atoms with van der Waals surface area (Å²) in [4.78, 5) is 11.1. The predicted octanol–water partition coefficient (Wildman–Crippen LogP) is 1.05. The molecule has 0 bridgehead atoms. The number of aromatic nitrogens is 2. The number of hydrogen-bond donors (Lipinski definition) is 3. The van der Waals surface area contributed by atoms with Crippen molar-refractivity contribution < 1.29 is 24.4 Å². The Morgan fingerprint density at radius 2 is 1.64 bits per heavy atom. The Labute approximate surface area is 165 Å². The average molecular weight is 394 g/mol. The van der Waals surface area contributed by atoms with E-state index in [1.165, 1.54) is 0 Å². The fourth-order valence-electron chi connectivity index (χ4n) is 3.10. The van der Waals surface area contributed by atoms with Gasteiger partial charge in [0, 0.05) is 19.6 Å². The SMILES string of the molecule is COc1cc2c(NCCCN(CCO)CCO)nc(C)nc2c(OC)c1OC. The van der Waals surface area contributed by atoms with Crippen LogP contribution in [0.25, 0.3) is 10.9 Å². The van der Waals surface area contributed by atoms with Crippen molar-refractivity contribution in [3.8, 4) is 17.2 Å². The van der Waals surface area contributed by atoms with Crippen molar-refractivity contribution in [1.29, 1.82) is 0 Å². The van der Waals surface area contributed by atoms with Crippen molar-refractivity contribution >= 4 is 16.7 Å². The number of fused-ring (bicyclic) bond motifs is 1. The number of anilines is 1. The van der Waals surface area contributed by atoms with E-state index >= 15 is 0 Å². The Morgan fingerprint density at radius 1 is 0.964 bits per heavy atom. The molecule has 0 saturated carbocycles. The summed E-state index contributed by atoms with van der Waals surface area (Å²) >= 11 is 0. The third kappa shape index (κ3) is 5.12. The molecule has 1 aromatic heterocycles. The summed E-state index contributed by atoms with van der Waals surface area (Å²) in [5.74, 6) is 2.84. The Balaban J connectivity index is 2.24. The Bertz CT molecular complexity index is 766. The van der Waals surface area contributed by atoms with Gasteiger partial charge in [0.15, 0.2) is 11.5 Å². The lowest BCUT2D eigenvalue weighted by Crippen LogP contribution is -2.31. The predicted molar refractivity (Wildman–Crippen MR) is 108 cm³/mol. The van der Waals surface area contributed by atoms with Crippen LogP contribution in [0.2, 0.25) is 0 Å². The van der Waals surface area contributed by atoms with E-state index in [0.29, 0.717) is 54.0 Å². The number of aliphatic hydroxyl groups is 2. The standard InChI is InChI=1S/C19H30N4O5/c1-13-21-16-14(12-15(26-2)17(27-3)18(16)28-4)19(22-13)20-6-5-7-23(8-10-24)9-11-25/h12,24-25H,5-11H2,1-4H3,(H,20,21,22). The fraction of sp³-hybridized carbons (Fsp3) is 0.579. The maximum Gasteiger partial charge on any atom is 0.205 e. The number of hydrogen-bond acceptors (Lipinski definition) is 9. The molecule has 2 rings (SSSR count).